The number of thiophene rings is 2. The Morgan fingerprint density at radius 2 is 1.71 bits per heavy atom. The average molecular weight is 823 g/mol. The standard InChI is InChI=1S/C41H47ClN4O8S2/c1-40(2,23-46(3)25-9-11-26(12-10-25)54-39(51)41(52,34-7-5-17-55-34)35-8-6-18-56-35)38(50)44-30-20-33(53-4)24(19-29(30)42)21-43-22-32(48)27-13-15-31(47)37-28(27)14-16-36(49)45-37/h5-8,13-20,25-26,32,43,47-48,52H,9-12,21-23H2,1-4H3,(H,44,50)(H,45,49)/t25-,26-,32-/m0/s1. The molecule has 0 saturated heterocycles. The van der Waals surface area contributed by atoms with Crippen LogP contribution in [-0.2, 0) is 26.5 Å². The first-order chi connectivity index (χ1) is 26.7. The van der Waals surface area contributed by atoms with Crippen LogP contribution in [0.15, 0.2) is 76.2 Å². The minimum atomic E-state index is -1.84. The molecule has 3 heterocycles. The van der Waals surface area contributed by atoms with Crippen LogP contribution in [0.5, 0.6) is 11.5 Å². The number of halogens is 1. The Hall–Kier alpha value is -4.28. The lowest BCUT2D eigenvalue weighted by atomic mass is 9.87. The number of anilines is 1. The number of esters is 1. The Bertz CT molecular complexity index is 2170. The number of aliphatic hydroxyl groups is 2. The summed E-state index contributed by atoms with van der Waals surface area (Å²) in [5.74, 6) is -0.459. The zero-order valence-corrected chi connectivity index (χ0v) is 34.0. The Kier molecular flexibility index (Phi) is 12.9. The van der Waals surface area contributed by atoms with Gasteiger partial charge in [-0.05, 0) is 93.2 Å². The van der Waals surface area contributed by atoms with E-state index in [0.717, 1.165) is 12.8 Å². The van der Waals surface area contributed by atoms with Crippen molar-refractivity contribution >= 4 is 62.7 Å². The molecule has 2 aromatic carbocycles. The highest BCUT2D eigenvalue weighted by molar-refractivity contribution is 7.12. The van der Waals surface area contributed by atoms with E-state index in [2.05, 4.69) is 20.5 Å². The number of pyridine rings is 1. The molecule has 1 atom stereocenters. The number of carbonyl (C=O) groups is 2. The number of rotatable bonds is 15. The summed E-state index contributed by atoms with van der Waals surface area (Å²) in [5.41, 5.74) is -1.07. The monoisotopic (exact) mass is 822 g/mol. The average Bonchev–Trinajstić information content (AvgIpc) is 3.92. The molecule has 1 saturated carbocycles. The van der Waals surface area contributed by atoms with Gasteiger partial charge < -0.3 is 45.3 Å². The van der Waals surface area contributed by atoms with Gasteiger partial charge in [-0.3, -0.25) is 9.59 Å². The van der Waals surface area contributed by atoms with E-state index in [4.69, 9.17) is 21.1 Å². The van der Waals surface area contributed by atoms with E-state index >= 15 is 0 Å². The second-order valence-electron chi connectivity index (χ2n) is 14.8. The normalized spacial score (nSPS) is 16.9. The molecule has 0 aliphatic heterocycles. The zero-order chi connectivity index (χ0) is 40.2. The van der Waals surface area contributed by atoms with Crippen molar-refractivity contribution in [3.05, 3.63) is 108 Å². The van der Waals surface area contributed by atoms with Crippen LogP contribution in [0.3, 0.4) is 0 Å². The fraction of sp³-hybridized carbons (Fsp3) is 0.390. The van der Waals surface area contributed by atoms with Gasteiger partial charge in [-0.25, -0.2) is 4.79 Å². The number of fused-ring (bicyclic) bond motifs is 1. The lowest BCUT2D eigenvalue weighted by molar-refractivity contribution is -0.169. The molecule has 0 radical (unpaired) electrons. The first-order valence-electron chi connectivity index (χ1n) is 18.3. The summed E-state index contributed by atoms with van der Waals surface area (Å²) in [6, 6.07) is 16.6. The molecule has 1 aliphatic rings. The summed E-state index contributed by atoms with van der Waals surface area (Å²) in [6.07, 6.45) is 1.56. The van der Waals surface area contributed by atoms with Crippen LogP contribution >= 0.6 is 34.3 Å². The number of nitrogens with one attached hydrogen (secondary N) is 3. The Labute approximate surface area is 338 Å². The SMILES string of the molecule is COc1cc(NC(=O)C(C)(C)CN(C)[C@H]2CC[C@H](OC(=O)C(O)(c3cccs3)c3cccs3)CC2)c(Cl)cc1CNC[C@H](O)c1ccc(O)c2[nH]c(=O)ccc12. The van der Waals surface area contributed by atoms with E-state index in [1.165, 1.54) is 41.9 Å². The minimum absolute atomic E-state index is 0.0844. The summed E-state index contributed by atoms with van der Waals surface area (Å²) in [6.45, 7) is 4.68. The van der Waals surface area contributed by atoms with Crippen LogP contribution < -0.4 is 20.9 Å². The number of carbonyl (C=O) groups excluding carboxylic acids is 2. The second-order valence-corrected chi connectivity index (χ2v) is 17.1. The smallest absolute Gasteiger partial charge is 0.349 e. The highest BCUT2D eigenvalue weighted by atomic mass is 35.5. The number of phenolic OH excluding ortho intramolecular Hbond substituents is 1. The number of amides is 1. The number of aromatic nitrogens is 1. The van der Waals surface area contributed by atoms with E-state index in [1.54, 1.807) is 48.5 Å². The van der Waals surface area contributed by atoms with Crippen molar-refractivity contribution in [2.45, 2.75) is 69.9 Å². The van der Waals surface area contributed by atoms with Crippen LogP contribution in [0.4, 0.5) is 5.69 Å². The van der Waals surface area contributed by atoms with Gasteiger partial charge >= 0.3 is 5.97 Å². The number of aromatic amines is 1. The van der Waals surface area contributed by atoms with Gasteiger partial charge in [-0.1, -0.05) is 29.8 Å². The maximum atomic E-state index is 13.7. The number of hydrogen-bond donors (Lipinski definition) is 6. The van der Waals surface area contributed by atoms with Crippen LogP contribution in [0.1, 0.15) is 66.5 Å². The second kappa shape index (κ2) is 17.5. The van der Waals surface area contributed by atoms with Crippen molar-refractivity contribution in [1.82, 2.24) is 15.2 Å². The van der Waals surface area contributed by atoms with Crippen LogP contribution in [0, 0.1) is 5.41 Å². The van der Waals surface area contributed by atoms with Crippen molar-refractivity contribution < 1.29 is 34.4 Å². The Morgan fingerprint density at radius 1 is 1.04 bits per heavy atom. The molecule has 5 aromatic rings. The molecule has 0 spiro atoms. The van der Waals surface area contributed by atoms with E-state index in [0.29, 0.717) is 68.7 Å². The highest BCUT2D eigenvalue weighted by Gasteiger charge is 2.45. The van der Waals surface area contributed by atoms with Crippen molar-refractivity contribution in [3.8, 4) is 11.5 Å². The molecular weight excluding hydrogens is 776 g/mol. The number of methoxy groups -OCH3 is 1. The number of aliphatic hydroxyl groups excluding tert-OH is 1. The summed E-state index contributed by atoms with van der Waals surface area (Å²) < 4.78 is 11.6. The summed E-state index contributed by atoms with van der Waals surface area (Å²) in [5, 5.41) is 43.5. The molecular formula is C41H47ClN4O8S2. The van der Waals surface area contributed by atoms with Crippen LogP contribution in [0.2, 0.25) is 5.02 Å². The molecule has 0 unspecified atom stereocenters. The number of ether oxygens (including phenoxy) is 2. The number of nitrogens with zero attached hydrogens (tertiary/aromatic N) is 1. The molecule has 15 heteroatoms. The fourth-order valence-electron chi connectivity index (χ4n) is 7.27. The quantitative estimate of drug-likeness (QED) is 0.0638. The highest BCUT2D eigenvalue weighted by Crippen LogP contribution is 2.39. The third-order valence-corrected chi connectivity index (χ3v) is 12.7. The van der Waals surface area contributed by atoms with Gasteiger partial charge in [0.1, 0.15) is 17.6 Å². The first kappa shape index (κ1) is 41.4. The van der Waals surface area contributed by atoms with Gasteiger partial charge in [0, 0.05) is 48.8 Å². The number of aromatic hydroxyl groups is 1. The Morgan fingerprint density at radius 3 is 2.34 bits per heavy atom. The van der Waals surface area contributed by atoms with Crippen molar-refractivity contribution in [2.24, 2.45) is 5.41 Å². The van der Waals surface area contributed by atoms with Crippen LogP contribution in [-0.4, -0.2) is 76.5 Å². The van der Waals surface area contributed by atoms with E-state index in [1.807, 2.05) is 31.7 Å². The predicted molar refractivity (Wildman–Crippen MR) is 220 cm³/mol. The molecule has 6 N–H and O–H groups in total. The van der Waals surface area contributed by atoms with Crippen molar-refractivity contribution in [3.63, 3.8) is 0 Å². The molecule has 1 amide bonds. The van der Waals surface area contributed by atoms with Gasteiger partial charge in [0.2, 0.25) is 17.1 Å². The van der Waals surface area contributed by atoms with Gasteiger partial charge in [0.15, 0.2) is 0 Å². The first-order valence-corrected chi connectivity index (χ1v) is 20.5. The molecule has 56 heavy (non-hydrogen) atoms. The predicted octanol–water partition coefficient (Wildman–Crippen LogP) is 6.53. The van der Waals surface area contributed by atoms with Gasteiger partial charge in [-0.15, -0.1) is 22.7 Å². The number of hydrogen-bond acceptors (Lipinski definition) is 12. The fourth-order valence-corrected chi connectivity index (χ4v) is 9.22. The molecule has 0 bridgehead atoms. The summed E-state index contributed by atoms with van der Waals surface area (Å²) >= 11 is 9.32. The van der Waals surface area contributed by atoms with E-state index < -0.39 is 23.1 Å². The number of benzene rings is 2. The third-order valence-electron chi connectivity index (χ3n) is 10.4. The lowest BCUT2D eigenvalue weighted by Crippen LogP contribution is -2.46. The molecule has 12 nitrogen and oxygen atoms in total. The van der Waals surface area contributed by atoms with Crippen LogP contribution in [0.25, 0.3) is 10.9 Å². The van der Waals surface area contributed by atoms with E-state index in [-0.39, 0.29) is 41.4 Å². The van der Waals surface area contributed by atoms with Gasteiger partial charge in [0.05, 0.1) is 44.6 Å². The maximum absolute atomic E-state index is 13.7. The summed E-state index contributed by atoms with van der Waals surface area (Å²) in [7, 11) is 3.52. The molecule has 1 aliphatic carbocycles. The molecule has 6 rings (SSSR count). The van der Waals surface area contributed by atoms with Gasteiger partial charge in [-0.2, -0.15) is 0 Å². The van der Waals surface area contributed by atoms with Crippen molar-refractivity contribution in [2.75, 3.05) is 32.6 Å². The van der Waals surface area contributed by atoms with Crippen molar-refractivity contribution in [1.29, 1.82) is 0 Å². The number of phenols is 1. The Balaban J connectivity index is 1.01. The zero-order valence-electron chi connectivity index (χ0n) is 31.6. The molecule has 3 aromatic heterocycles. The lowest BCUT2D eigenvalue weighted by Gasteiger charge is -2.38. The van der Waals surface area contributed by atoms with Gasteiger partial charge in [0.25, 0.3) is 0 Å². The van der Waals surface area contributed by atoms with E-state index in [9.17, 15) is 29.7 Å². The summed E-state index contributed by atoms with van der Waals surface area (Å²) in [4.78, 5) is 44.7. The topological polar surface area (TPSA) is 173 Å². The number of H-pyrrole nitrogens is 1. The minimum Gasteiger partial charge on any atom is -0.506 e. The molecule has 298 valence electrons. The third kappa shape index (κ3) is 8.97. The largest absolute Gasteiger partial charge is 0.506 e. The maximum Gasteiger partial charge on any atom is 0.349 e. The molecule has 1 fully saturated rings.